The second-order valence-corrected chi connectivity index (χ2v) is 5.11. The fourth-order valence-electron chi connectivity index (χ4n) is 1.98. The lowest BCUT2D eigenvalue weighted by Crippen LogP contribution is -2.27. The van der Waals surface area contributed by atoms with Crippen LogP contribution in [-0.4, -0.2) is 14.3 Å². The molecule has 0 aliphatic carbocycles. The van der Waals surface area contributed by atoms with Crippen LogP contribution in [0.4, 0.5) is 0 Å². The molecule has 0 radical (unpaired) electrons. The fourth-order valence-corrected chi connectivity index (χ4v) is 1.98. The van der Waals surface area contributed by atoms with Crippen molar-refractivity contribution in [2.45, 2.75) is 26.4 Å². The molecule has 1 unspecified atom stereocenters. The average molecular weight is 260 g/mol. The Morgan fingerprint density at radius 3 is 2.47 bits per heavy atom. The number of nitrogens with two attached hydrogens (primary N) is 1. The molecular weight excluding hydrogens is 240 g/mol. The monoisotopic (exact) mass is 260 g/mol. The van der Waals surface area contributed by atoms with Gasteiger partial charge in [0.2, 0.25) is 0 Å². The molecule has 0 saturated heterocycles. The maximum absolute atomic E-state index is 12.1. The summed E-state index contributed by atoms with van der Waals surface area (Å²) in [6.45, 7) is 4.55. The number of aryl methyl sites for hydroxylation is 1. The number of hydrogen-bond acceptors (Lipinski definition) is 3. The first kappa shape index (κ1) is 13.5. The summed E-state index contributed by atoms with van der Waals surface area (Å²) in [5, 5.41) is 4.27. The molecular formula is C14H20N4O. The lowest BCUT2D eigenvalue weighted by Gasteiger charge is -2.15. The number of nitrogens with zero attached hydrogens (tertiary/aromatic N) is 3. The first-order chi connectivity index (χ1) is 9.00. The molecule has 0 aliphatic heterocycles. The van der Waals surface area contributed by atoms with Gasteiger partial charge in [0.15, 0.2) is 5.82 Å². The lowest BCUT2D eigenvalue weighted by molar-refractivity contribution is 0.468. The Bertz CT molecular complexity index is 598. The molecule has 0 amide bonds. The summed E-state index contributed by atoms with van der Waals surface area (Å²) >= 11 is 0. The molecule has 2 rings (SSSR count). The van der Waals surface area contributed by atoms with Gasteiger partial charge in [-0.2, -0.15) is 5.10 Å². The van der Waals surface area contributed by atoms with Gasteiger partial charge in [-0.3, -0.25) is 4.57 Å². The highest BCUT2D eigenvalue weighted by atomic mass is 16.2. The van der Waals surface area contributed by atoms with Crippen molar-refractivity contribution in [3.05, 3.63) is 52.2 Å². The van der Waals surface area contributed by atoms with Gasteiger partial charge in [-0.1, -0.05) is 44.2 Å². The second-order valence-electron chi connectivity index (χ2n) is 5.11. The SMILES string of the molecule is CC(C)C(N)c1nn(C)c(=O)n1Cc1ccccc1. The predicted octanol–water partition coefficient (Wildman–Crippen LogP) is 1.29. The highest BCUT2D eigenvalue weighted by molar-refractivity contribution is 5.16. The number of hydrogen-bond donors (Lipinski definition) is 1. The van der Waals surface area contributed by atoms with Gasteiger partial charge in [-0.05, 0) is 11.5 Å². The standard InChI is InChI=1S/C14H20N4O/c1-10(2)12(15)13-16-17(3)14(19)18(13)9-11-7-5-4-6-8-11/h4-8,10,12H,9,15H2,1-3H3. The largest absolute Gasteiger partial charge is 0.346 e. The Kier molecular flexibility index (Phi) is 3.85. The van der Waals surface area contributed by atoms with E-state index in [1.54, 1.807) is 11.6 Å². The second kappa shape index (κ2) is 5.40. The predicted molar refractivity (Wildman–Crippen MR) is 74.8 cm³/mol. The number of aromatic nitrogens is 3. The zero-order valence-electron chi connectivity index (χ0n) is 11.6. The minimum Gasteiger partial charge on any atom is -0.321 e. The van der Waals surface area contributed by atoms with Crippen LogP contribution in [0.3, 0.4) is 0 Å². The van der Waals surface area contributed by atoms with Gasteiger partial charge in [-0.25, -0.2) is 9.48 Å². The van der Waals surface area contributed by atoms with E-state index in [1.165, 1.54) is 4.68 Å². The van der Waals surface area contributed by atoms with Crippen molar-refractivity contribution in [3.8, 4) is 0 Å². The molecule has 1 aromatic heterocycles. The Balaban J connectivity index is 2.42. The lowest BCUT2D eigenvalue weighted by atomic mass is 10.0. The van der Waals surface area contributed by atoms with Crippen LogP contribution < -0.4 is 11.4 Å². The molecule has 19 heavy (non-hydrogen) atoms. The third-order valence-electron chi connectivity index (χ3n) is 3.24. The molecule has 1 atom stereocenters. The molecule has 1 aromatic carbocycles. The number of benzene rings is 1. The van der Waals surface area contributed by atoms with Crippen molar-refractivity contribution in [2.24, 2.45) is 18.7 Å². The van der Waals surface area contributed by atoms with Crippen LogP contribution in [0.15, 0.2) is 35.1 Å². The van der Waals surface area contributed by atoms with Crippen LogP contribution in [0.25, 0.3) is 0 Å². The third-order valence-corrected chi connectivity index (χ3v) is 3.24. The van der Waals surface area contributed by atoms with Crippen LogP contribution in [0, 0.1) is 5.92 Å². The van der Waals surface area contributed by atoms with Gasteiger partial charge in [0.25, 0.3) is 0 Å². The van der Waals surface area contributed by atoms with Crippen molar-refractivity contribution in [3.63, 3.8) is 0 Å². The first-order valence-electron chi connectivity index (χ1n) is 6.44. The van der Waals surface area contributed by atoms with E-state index in [1.807, 2.05) is 44.2 Å². The van der Waals surface area contributed by atoms with E-state index in [0.717, 1.165) is 5.56 Å². The molecule has 0 spiro atoms. The fraction of sp³-hybridized carbons (Fsp3) is 0.429. The zero-order valence-corrected chi connectivity index (χ0v) is 11.6. The minimum absolute atomic E-state index is 0.130. The van der Waals surface area contributed by atoms with Crippen LogP contribution >= 0.6 is 0 Å². The van der Waals surface area contributed by atoms with Crippen molar-refractivity contribution >= 4 is 0 Å². The summed E-state index contributed by atoms with van der Waals surface area (Å²) in [5.41, 5.74) is 7.07. The third kappa shape index (κ3) is 2.76. The minimum atomic E-state index is -0.238. The van der Waals surface area contributed by atoms with Gasteiger partial charge in [0.1, 0.15) is 0 Å². The molecule has 2 N–H and O–H groups in total. The molecule has 5 heteroatoms. The van der Waals surface area contributed by atoms with E-state index >= 15 is 0 Å². The van der Waals surface area contributed by atoms with Gasteiger partial charge < -0.3 is 5.73 Å². The Labute approximate surface area is 112 Å². The Morgan fingerprint density at radius 1 is 1.26 bits per heavy atom. The van der Waals surface area contributed by atoms with E-state index in [0.29, 0.717) is 12.4 Å². The molecule has 0 fully saturated rings. The van der Waals surface area contributed by atoms with Crippen LogP contribution in [-0.2, 0) is 13.6 Å². The van der Waals surface area contributed by atoms with Crippen molar-refractivity contribution in [1.29, 1.82) is 0 Å². The van der Waals surface area contributed by atoms with Gasteiger partial charge >= 0.3 is 5.69 Å². The van der Waals surface area contributed by atoms with Crippen molar-refractivity contribution in [2.75, 3.05) is 0 Å². The maximum atomic E-state index is 12.1. The molecule has 102 valence electrons. The highest BCUT2D eigenvalue weighted by Gasteiger charge is 2.20. The topological polar surface area (TPSA) is 65.8 Å². The summed E-state index contributed by atoms with van der Waals surface area (Å²) in [5.74, 6) is 0.877. The van der Waals surface area contributed by atoms with Crippen LogP contribution in [0.2, 0.25) is 0 Å². The highest BCUT2D eigenvalue weighted by Crippen LogP contribution is 2.16. The molecule has 0 saturated carbocycles. The Hall–Kier alpha value is -1.88. The molecule has 0 bridgehead atoms. The summed E-state index contributed by atoms with van der Waals surface area (Å²) in [6.07, 6.45) is 0. The molecule has 5 nitrogen and oxygen atoms in total. The van der Waals surface area contributed by atoms with Crippen molar-refractivity contribution in [1.82, 2.24) is 14.3 Å². The van der Waals surface area contributed by atoms with E-state index in [2.05, 4.69) is 5.10 Å². The van der Waals surface area contributed by atoms with E-state index < -0.39 is 0 Å². The van der Waals surface area contributed by atoms with Gasteiger partial charge in [-0.15, -0.1) is 0 Å². The zero-order chi connectivity index (χ0) is 14.0. The summed E-state index contributed by atoms with van der Waals surface area (Å²) < 4.78 is 3.00. The van der Waals surface area contributed by atoms with Gasteiger partial charge in [0.05, 0.1) is 12.6 Å². The average Bonchev–Trinajstić information content (AvgIpc) is 2.67. The summed E-state index contributed by atoms with van der Waals surface area (Å²) in [4.78, 5) is 12.1. The summed E-state index contributed by atoms with van der Waals surface area (Å²) in [6, 6.07) is 9.61. The normalized spacial score (nSPS) is 12.9. The molecule has 0 aliphatic rings. The quantitative estimate of drug-likeness (QED) is 0.900. The molecule has 2 aromatic rings. The van der Waals surface area contributed by atoms with Crippen LogP contribution in [0.1, 0.15) is 31.3 Å². The Morgan fingerprint density at radius 2 is 1.89 bits per heavy atom. The first-order valence-corrected chi connectivity index (χ1v) is 6.44. The number of rotatable bonds is 4. The van der Waals surface area contributed by atoms with Crippen LogP contribution in [0.5, 0.6) is 0 Å². The van der Waals surface area contributed by atoms with E-state index in [9.17, 15) is 4.79 Å². The van der Waals surface area contributed by atoms with Crippen molar-refractivity contribution < 1.29 is 0 Å². The van der Waals surface area contributed by atoms with E-state index in [-0.39, 0.29) is 17.6 Å². The smallest absolute Gasteiger partial charge is 0.321 e. The van der Waals surface area contributed by atoms with Gasteiger partial charge in [0, 0.05) is 7.05 Å². The summed E-state index contributed by atoms with van der Waals surface area (Å²) in [7, 11) is 1.65. The van der Waals surface area contributed by atoms with E-state index in [4.69, 9.17) is 5.73 Å². The maximum Gasteiger partial charge on any atom is 0.346 e. The molecule has 1 heterocycles.